The summed E-state index contributed by atoms with van der Waals surface area (Å²) in [5.41, 5.74) is 2.13. The Morgan fingerprint density at radius 1 is 1.35 bits per heavy atom. The Labute approximate surface area is 119 Å². The molecule has 0 aliphatic carbocycles. The van der Waals surface area contributed by atoms with Gasteiger partial charge in [0.05, 0.1) is 24.3 Å². The van der Waals surface area contributed by atoms with Gasteiger partial charge in [-0.05, 0) is 26.3 Å². The third kappa shape index (κ3) is 3.29. The summed E-state index contributed by atoms with van der Waals surface area (Å²) in [6.07, 6.45) is 6.54. The van der Waals surface area contributed by atoms with E-state index in [4.69, 9.17) is 0 Å². The average Bonchev–Trinajstić information content (AvgIpc) is 2.88. The molecule has 0 saturated carbocycles. The first-order chi connectivity index (χ1) is 9.61. The Balaban J connectivity index is 2.09. The van der Waals surface area contributed by atoms with E-state index in [0.717, 1.165) is 24.3 Å². The standard InChI is InChI=1S/C15H22N4O/c1-4-7-18-10-13(5-6-15(18)20)17-9-14-8-16-11-19(14)12(2)3/h5-6,8,10-12,17H,4,7,9H2,1-3H3. The van der Waals surface area contributed by atoms with Gasteiger partial charge in [-0.1, -0.05) is 6.92 Å². The van der Waals surface area contributed by atoms with E-state index in [2.05, 4.69) is 35.6 Å². The monoisotopic (exact) mass is 274 g/mol. The van der Waals surface area contributed by atoms with Crippen molar-refractivity contribution in [2.45, 2.75) is 46.3 Å². The predicted molar refractivity (Wildman–Crippen MR) is 80.9 cm³/mol. The molecule has 2 aromatic rings. The van der Waals surface area contributed by atoms with Crippen molar-refractivity contribution in [3.05, 3.63) is 46.9 Å². The lowest BCUT2D eigenvalue weighted by Gasteiger charge is -2.13. The molecule has 0 saturated heterocycles. The number of anilines is 1. The zero-order valence-corrected chi connectivity index (χ0v) is 12.3. The van der Waals surface area contributed by atoms with E-state index in [9.17, 15) is 4.79 Å². The van der Waals surface area contributed by atoms with Crippen molar-refractivity contribution in [2.75, 3.05) is 5.32 Å². The molecule has 0 aromatic carbocycles. The summed E-state index contributed by atoms with van der Waals surface area (Å²) in [7, 11) is 0. The molecule has 5 heteroatoms. The minimum atomic E-state index is 0.0459. The van der Waals surface area contributed by atoms with Gasteiger partial charge in [-0.15, -0.1) is 0 Å². The van der Waals surface area contributed by atoms with Crippen molar-refractivity contribution >= 4 is 5.69 Å². The highest BCUT2D eigenvalue weighted by molar-refractivity contribution is 5.40. The molecule has 5 nitrogen and oxygen atoms in total. The summed E-state index contributed by atoms with van der Waals surface area (Å²) in [6.45, 7) is 7.77. The molecule has 20 heavy (non-hydrogen) atoms. The molecule has 0 aliphatic heterocycles. The lowest BCUT2D eigenvalue weighted by Crippen LogP contribution is -2.19. The van der Waals surface area contributed by atoms with Gasteiger partial charge < -0.3 is 14.5 Å². The van der Waals surface area contributed by atoms with E-state index in [1.54, 1.807) is 10.6 Å². The Kier molecular flexibility index (Phi) is 4.61. The van der Waals surface area contributed by atoms with E-state index in [1.165, 1.54) is 0 Å². The summed E-state index contributed by atoms with van der Waals surface area (Å²) >= 11 is 0. The van der Waals surface area contributed by atoms with E-state index in [0.29, 0.717) is 12.6 Å². The fourth-order valence-corrected chi connectivity index (χ4v) is 2.18. The third-order valence-electron chi connectivity index (χ3n) is 3.22. The highest BCUT2D eigenvalue weighted by atomic mass is 16.1. The highest BCUT2D eigenvalue weighted by Crippen LogP contribution is 2.11. The van der Waals surface area contributed by atoms with Crippen molar-refractivity contribution < 1.29 is 0 Å². The van der Waals surface area contributed by atoms with Crippen molar-refractivity contribution in [3.8, 4) is 0 Å². The molecule has 1 N–H and O–H groups in total. The van der Waals surface area contributed by atoms with Crippen LogP contribution in [0.15, 0.2) is 35.6 Å². The lowest BCUT2D eigenvalue weighted by molar-refractivity contribution is 0.577. The van der Waals surface area contributed by atoms with Crippen LogP contribution < -0.4 is 10.9 Å². The molecule has 0 spiro atoms. The topological polar surface area (TPSA) is 51.9 Å². The summed E-state index contributed by atoms with van der Waals surface area (Å²) in [4.78, 5) is 15.8. The predicted octanol–water partition coefficient (Wildman–Crippen LogP) is 2.65. The summed E-state index contributed by atoms with van der Waals surface area (Å²) in [6, 6.07) is 3.82. The quantitative estimate of drug-likeness (QED) is 0.881. The summed E-state index contributed by atoms with van der Waals surface area (Å²) < 4.78 is 3.87. The zero-order valence-electron chi connectivity index (χ0n) is 12.3. The number of hydrogen-bond donors (Lipinski definition) is 1. The van der Waals surface area contributed by atoms with Crippen molar-refractivity contribution in [1.82, 2.24) is 14.1 Å². The molecule has 0 aliphatic rings. The van der Waals surface area contributed by atoms with Crippen LogP contribution in [0, 0.1) is 0 Å². The van der Waals surface area contributed by atoms with Crippen LogP contribution in [0.25, 0.3) is 0 Å². The Hall–Kier alpha value is -2.04. The molecular weight excluding hydrogens is 252 g/mol. The van der Waals surface area contributed by atoms with E-state index < -0.39 is 0 Å². The Bertz CT molecular complexity index is 612. The van der Waals surface area contributed by atoms with Crippen LogP contribution in [0.1, 0.15) is 38.9 Å². The molecule has 0 bridgehead atoms. The minimum absolute atomic E-state index is 0.0459. The highest BCUT2D eigenvalue weighted by Gasteiger charge is 2.05. The van der Waals surface area contributed by atoms with Gasteiger partial charge in [0.25, 0.3) is 5.56 Å². The van der Waals surface area contributed by atoms with Crippen LogP contribution in [0.4, 0.5) is 5.69 Å². The molecule has 0 atom stereocenters. The van der Waals surface area contributed by atoms with Gasteiger partial charge in [-0.25, -0.2) is 4.98 Å². The van der Waals surface area contributed by atoms with E-state index in [-0.39, 0.29) is 5.56 Å². The largest absolute Gasteiger partial charge is 0.378 e. The van der Waals surface area contributed by atoms with Crippen LogP contribution >= 0.6 is 0 Å². The number of hydrogen-bond acceptors (Lipinski definition) is 3. The van der Waals surface area contributed by atoms with Crippen LogP contribution in [0.3, 0.4) is 0 Å². The summed E-state index contributed by atoms with van der Waals surface area (Å²) in [5.74, 6) is 0. The smallest absolute Gasteiger partial charge is 0.250 e. The minimum Gasteiger partial charge on any atom is -0.378 e. The second-order valence-electron chi connectivity index (χ2n) is 5.19. The fraction of sp³-hybridized carbons (Fsp3) is 0.467. The van der Waals surface area contributed by atoms with Gasteiger partial charge in [0.1, 0.15) is 0 Å². The molecular formula is C15H22N4O. The van der Waals surface area contributed by atoms with Crippen LogP contribution in [0.2, 0.25) is 0 Å². The SMILES string of the molecule is CCCn1cc(NCc2cncn2C(C)C)ccc1=O. The first kappa shape index (κ1) is 14.4. The van der Waals surface area contributed by atoms with Gasteiger partial charge in [-0.3, -0.25) is 4.79 Å². The number of rotatable bonds is 6. The van der Waals surface area contributed by atoms with Crippen molar-refractivity contribution in [3.63, 3.8) is 0 Å². The maximum absolute atomic E-state index is 11.7. The van der Waals surface area contributed by atoms with Gasteiger partial charge in [-0.2, -0.15) is 0 Å². The molecule has 108 valence electrons. The molecule has 2 aromatic heterocycles. The lowest BCUT2D eigenvalue weighted by atomic mass is 10.3. The van der Waals surface area contributed by atoms with Gasteiger partial charge in [0.2, 0.25) is 0 Å². The van der Waals surface area contributed by atoms with E-state index >= 15 is 0 Å². The first-order valence-electron chi connectivity index (χ1n) is 7.07. The second kappa shape index (κ2) is 6.41. The van der Waals surface area contributed by atoms with Crippen molar-refractivity contribution in [2.24, 2.45) is 0 Å². The van der Waals surface area contributed by atoms with E-state index in [1.807, 2.05) is 24.8 Å². The molecule has 0 radical (unpaired) electrons. The Morgan fingerprint density at radius 2 is 2.15 bits per heavy atom. The molecule has 0 amide bonds. The Morgan fingerprint density at radius 3 is 2.85 bits per heavy atom. The molecule has 2 rings (SSSR count). The third-order valence-corrected chi connectivity index (χ3v) is 3.22. The van der Waals surface area contributed by atoms with Crippen LogP contribution in [-0.4, -0.2) is 14.1 Å². The summed E-state index contributed by atoms with van der Waals surface area (Å²) in [5, 5.41) is 3.35. The fourth-order valence-electron chi connectivity index (χ4n) is 2.18. The van der Waals surface area contributed by atoms with Crippen LogP contribution in [-0.2, 0) is 13.1 Å². The second-order valence-corrected chi connectivity index (χ2v) is 5.19. The number of aryl methyl sites for hydroxylation is 1. The number of aromatic nitrogens is 3. The zero-order chi connectivity index (χ0) is 14.5. The van der Waals surface area contributed by atoms with Gasteiger partial charge >= 0.3 is 0 Å². The molecule has 2 heterocycles. The van der Waals surface area contributed by atoms with Gasteiger partial charge in [0, 0.05) is 31.0 Å². The number of imidazole rings is 1. The molecule has 0 fully saturated rings. The number of nitrogens with one attached hydrogen (secondary N) is 1. The van der Waals surface area contributed by atoms with Gasteiger partial charge in [0.15, 0.2) is 0 Å². The van der Waals surface area contributed by atoms with Crippen LogP contribution in [0.5, 0.6) is 0 Å². The first-order valence-corrected chi connectivity index (χ1v) is 7.07. The average molecular weight is 274 g/mol. The molecule has 0 unspecified atom stereocenters. The maximum Gasteiger partial charge on any atom is 0.250 e. The number of pyridine rings is 1. The number of nitrogens with zero attached hydrogens (tertiary/aromatic N) is 3. The maximum atomic E-state index is 11.7. The normalized spacial score (nSPS) is 11.0. The van der Waals surface area contributed by atoms with Crippen molar-refractivity contribution in [1.29, 1.82) is 0 Å².